The quantitative estimate of drug-likeness (QED) is 0.711. The maximum Gasteiger partial charge on any atom is 0.00964 e. The van der Waals surface area contributed by atoms with Gasteiger partial charge in [0.2, 0.25) is 0 Å². The lowest BCUT2D eigenvalue weighted by Gasteiger charge is -2.38. The van der Waals surface area contributed by atoms with E-state index in [1.54, 1.807) is 0 Å². The van der Waals surface area contributed by atoms with Crippen LogP contribution in [0.5, 0.6) is 0 Å². The molecule has 0 aromatic heterocycles. The van der Waals surface area contributed by atoms with E-state index in [1.807, 2.05) is 0 Å². The highest BCUT2D eigenvalue weighted by Crippen LogP contribution is 2.24. The molecule has 1 aliphatic carbocycles. The summed E-state index contributed by atoms with van der Waals surface area (Å²) in [5.41, 5.74) is 0. The van der Waals surface area contributed by atoms with Crippen molar-refractivity contribution in [3.05, 3.63) is 0 Å². The van der Waals surface area contributed by atoms with E-state index in [1.165, 1.54) is 51.6 Å². The van der Waals surface area contributed by atoms with Crippen LogP contribution in [0.4, 0.5) is 0 Å². The molecule has 0 atom stereocenters. The molecule has 0 aromatic carbocycles. The first kappa shape index (κ1) is 16.0. The van der Waals surface area contributed by atoms with Crippen LogP contribution in [0.2, 0.25) is 0 Å². The summed E-state index contributed by atoms with van der Waals surface area (Å²) < 4.78 is 0. The standard InChI is InChI=1S/C16H34N2/c1-5-14(6-2)13-18(8-4)16-11-9-15(10-12-16)17-7-3/h14-17H,5-13H2,1-4H3. The third-order valence-electron chi connectivity index (χ3n) is 4.76. The first-order valence-corrected chi connectivity index (χ1v) is 8.22. The summed E-state index contributed by atoms with van der Waals surface area (Å²) in [7, 11) is 0. The summed E-state index contributed by atoms with van der Waals surface area (Å²) in [6.45, 7) is 12.9. The summed E-state index contributed by atoms with van der Waals surface area (Å²) in [4.78, 5) is 2.75. The minimum atomic E-state index is 0.790. The van der Waals surface area contributed by atoms with Crippen LogP contribution < -0.4 is 5.32 Å². The highest BCUT2D eigenvalue weighted by atomic mass is 15.2. The molecule has 0 saturated heterocycles. The average molecular weight is 254 g/mol. The van der Waals surface area contributed by atoms with E-state index in [2.05, 4.69) is 37.9 Å². The molecule has 0 amide bonds. The zero-order valence-electron chi connectivity index (χ0n) is 13.0. The predicted molar refractivity (Wildman–Crippen MR) is 81.0 cm³/mol. The van der Waals surface area contributed by atoms with Crippen LogP contribution >= 0.6 is 0 Å². The maximum atomic E-state index is 3.61. The molecule has 108 valence electrons. The van der Waals surface area contributed by atoms with Gasteiger partial charge in [0.05, 0.1) is 0 Å². The lowest BCUT2D eigenvalue weighted by Crippen LogP contribution is -2.44. The van der Waals surface area contributed by atoms with Crippen LogP contribution in [0.15, 0.2) is 0 Å². The van der Waals surface area contributed by atoms with Gasteiger partial charge in [-0.2, -0.15) is 0 Å². The van der Waals surface area contributed by atoms with Gasteiger partial charge in [0.25, 0.3) is 0 Å². The van der Waals surface area contributed by atoms with Crippen molar-refractivity contribution >= 4 is 0 Å². The minimum absolute atomic E-state index is 0.790. The zero-order chi connectivity index (χ0) is 13.4. The van der Waals surface area contributed by atoms with Crippen molar-refractivity contribution in [2.75, 3.05) is 19.6 Å². The van der Waals surface area contributed by atoms with Crippen molar-refractivity contribution < 1.29 is 0 Å². The van der Waals surface area contributed by atoms with Crippen LogP contribution in [0, 0.1) is 5.92 Å². The molecular weight excluding hydrogens is 220 g/mol. The van der Waals surface area contributed by atoms with E-state index in [0.717, 1.165) is 24.5 Å². The van der Waals surface area contributed by atoms with E-state index in [4.69, 9.17) is 0 Å². The van der Waals surface area contributed by atoms with Crippen molar-refractivity contribution in [1.82, 2.24) is 10.2 Å². The summed E-state index contributed by atoms with van der Waals surface area (Å²) in [5.74, 6) is 0.899. The normalized spacial score (nSPS) is 25.0. The molecule has 0 heterocycles. The second kappa shape index (κ2) is 8.92. The van der Waals surface area contributed by atoms with Crippen LogP contribution in [0.3, 0.4) is 0 Å². The summed E-state index contributed by atoms with van der Waals surface area (Å²) in [6.07, 6.45) is 8.20. The molecule has 2 nitrogen and oxygen atoms in total. The molecule has 0 radical (unpaired) electrons. The number of nitrogens with zero attached hydrogens (tertiary/aromatic N) is 1. The Morgan fingerprint density at radius 1 is 1.00 bits per heavy atom. The Kier molecular flexibility index (Phi) is 7.92. The van der Waals surface area contributed by atoms with Gasteiger partial charge in [-0.3, -0.25) is 0 Å². The fraction of sp³-hybridized carbons (Fsp3) is 1.00. The van der Waals surface area contributed by atoms with Gasteiger partial charge < -0.3 is 10.2 Å². The molecule has 2 heteroatoms. The first-order valence-electron chi connectivity index (χ1n) is 8.22. The monoisotopic (exact) mass is 254 g/mol. The van der Waals surface area contributed by atoms with Gasteiger partial charge in [0.1, 0.15) is 0 Å². The lowest BCUT2D eigenvalue weighted by molar-refractivity contribution is 0.127. The molecule has 1 fully saturated rings. The molecule has 0 bridgehead atoms. The van der Waals surface area contributed by atoms with Gasteiger partial charge in [-0.15, -0.1) is 0 Å². The predicted octanol–water partition coefficient (Wildman–Crippen LogP) is 3.67. The zero-order valence-corrected chi connectivity index (χ0v) is 13.0. The Morgan fingerprint density at radius 3 is 2.06 bits per heavy atom. The molecule has 0 aromatic rings. The molecule has 0 aliphatic heterocycles. The second-order valence-electron chi connectivity index (χ2n) is 5.83. The fourth-order valence-corrected chi connectivity index (χ4v) is 3.35. The highest BCUT2D eigenvalue weighted by molar-refractivity contribution is 4.83. The number of rotatable bonds is 8. The van der Waals surface area contributed by atoms with Gasteiger partial charge in [-0.05, 0) is 44.7 Å². The third kappa shape index (κ3) is 4.89. The molecule has 0 spiro atoms. The Bertz CT molecular complexity index is 193. The molecule has 1 rings (SSSR count). The third-order valence-corrected chi connectivity index (χ3v) is 4.76. The lowest BCUT2D eigenvalue weighted by atomic mass is 9.89. The Morgan fingerprint density at radius 2 is 1.61 bits per heavy atom. The topological polar surface area (TPSA) is 15.3 Å². The summed E-state index contributed by atoms with van der Waals surface area (Å²) in [5, 5.41) is 3.61. The van der Waals surface area contributed by atoms with Crippen LogP contribution in [-0.4, -0.2) is 36.6 Å². The Labute approximate surface area is 115 Å². The first-order chi connectivity index (χ1) is 8.74. The van der Waals surface area contributed by atoms with E-state index in [0.29, 0.717) is 0 Å². The largest absolute Gasteiger partial charge is 0.314 e. The molecule has 1 saturated carbocycles. The molecule has 1 N–H and O–H groups in total. The van der Waals surface area contributed by atoms with Crippen LogP contribution in [0.25, 0.3) is 0 Å². The van der Waals surface area contributed by atoms with Crippen molar-refractivity contribution in [2.24, 2.45) is 5.92 Å². The van der Waals surface area contributed by atoms with Crippen molar-refractivity contribution in [2.45, 2.75) is 78.3 Å². The average Bonchev–Trinajstić information content (AvgIpc) is 2.42. The second-order valence-corrected chi connectivity index (χ2v) is 5.83. The van der Waals surface area contributed by atoms with Gasteiger partial charge >= 0.3 is 0 Å². The van der Waals surface area contributed by atoms with Gasteiger partial charge in [-0.1, -0.05) is 40.5 Å². The van der Waals surface area contributed by atoms with Gasteiger partial charge in [0.15, 0.2) is 0 Å². The summed E-state index contributed by atoms with van der Waals surface area (Å²) >= 11 is 0. The molecule has 0 unspecified atom stereocenters. The van der Waals surface area contributed by atoms with E-state index in [9.17, 15) is 0 Å². The van der Waals surface area contributed by atoms with Crippen LogP contribution in [0.1, 0.15) is 66.2 Å². The van der Waals surface area contributed by atoms with E-state index >= 15 is 0 Å². The maximum absolute atomic E-state index is 3.61. The van der Waals surface area contributed by atoms with Gasteiger partial charge in [0, 0.05) is 18.6 Å². The van der Waals surface area contributed by atoms with Gasteiger partial charge in [-0.25, -0.2) is 0 Å². The highest BCUT2D eigenvalue weighted by Gasteiger charge is 2.25. The number of hydrogen-bond acceptors (Lipinski definition) is 2. The SMILES string of the molecule is CCNC1CCC(N(CC)CC(CC)CC)CC1. The van der Waals surface area contributed by atoms with Crippen molar-refractivity contribution in [3.8, 4) is 0 Å². The Hall–Kier alpha value is -0.0800. The van der Waals surface area contributed by atoms with Crippen molar-refractivity contribution in [3.63, 3.8) is 0 Å². The minimum Gasteiger partial charge on any atom is -0.314 e. The van der Waals surface area contributed by atoms with E-state index < -0.39 is 0 Å². The molecular formula is C16H34N2. The summed E-state index contributed by atoms with van der Waals surface area (Å²) in [6, 6.07) is 1.64. The molecule has 1 aliphatic rings. The Balaban J connectivity index is 2.37. The van der Waals surface area contributed by atoms with Crippen molar-refractivity contribution in [1.29, 1.82) is 0 Å². The van der Waals surface area contributed by atoms with Crippen LogP contribution in [-0.2, 0) is 0 Å². The number of nitrogens with one attached hydrogen (secondary N) is 1. The fourth-order valence-electron chi connectivity index (χ4n) is 3.35. The smallest absolute Gasteiger partial charge is 0.00964 e. The van der Waals surface area contributed by atoms with E-state index in [-0.39, 0.29) is 0 Å². The molecule has 18 heavy (non-hydrogen) atoms. The number of hydrogen-bond donors (Lipinski definition) is 1.